The molecule has 22 heavy (non-hydrogen) atoms. The van der Waals surface area contributed by atoms with E-state index in [4.69, 9.17) is 23.2 Å². The molecule has 3 aromatic carbocycles. The van der Waals surface area contributed by atoms with Crippen LogP contribution in [0.25, 0.3) is 10.8 Å². The van der Waals surface area contributed by atoms with Crippen molar-refractivity contribution in [3.8, 4) is 11.5 Å². The average molecular weight is 333 g/mol. The van der Waals surface area contributed by atoms with Crippen molar-refractivity contribution in [1.29, 1.82) is 0 Å². The highest BCUT2D eigenvalue weighted by Gasteiger charge is 2.07. The minimum absolute atomic E-state index is 0.0144. The third-order valence-corrected chi connectivity index (χ3v) is 3.68. The number of hydrogen-bond acceptors (Lipinski definition) is 4. The Labute approximate surface area is 136 Å². The molecular weight excluding hydrogens is 323 g/mol. The summed E-state index contributed by atoms with van der Waals surface area (Å²) in [7, 11) is 0. The zero-order chi connectivity index (χ0) is 15.7. The van der Waals surface area contributed by atoms with E-state index >= 15 is 0 Å². The molecule has 0 aliphatic heterocycles. The van der Waals surface area contributed by atoms with Crippen LogP contribution < -0.4 is 0 Å². The fraction of sp³-hybridized carbons (Fsp3) is 0. The first-order valence-electron chi connectivity index (χ1n) is 6.36. The van der Waals surface area contributed by atoms with Crippen LogP contribution >= 0.6 is 23.2 Å². The van der Waals surface area contributed by atoms with Gasteiger partial charge in [0.25, 0.3) is 0 Å². The largest absolute Gasteiger partial charge is 0.508 e. The van der Waals surface area contributed by atoms with Crippen LogP contribution in [0.2, 0.25) is 10.0 Å². The van der Waals surface area contributed by atoms with Crippen LogP contribution in [0, 0.1) is 0 Å². The van der Waals surface area contributed by atoms with Crippen LogP contribution in [0.5, 0.6) is 11.5 Å². The fourth-order valence-electron chi connectivity index (χ4n) is 2.04. The summed E-state index contributed by atoms with van der Waals surface area (Å²) in [5.41, 5.74) is 0.716. The van der Waals surface area contributed by atoms with E-state index in [1.807, 2.05) is 0 Å². The maximum atomic E-state index is 10.2. The number of rotatable bonds is 2. The summed E-state index contributed by atoms with van der Waals surface area (Å²) < 4.78 is 0. The van der Waals surface area contributed by atoms with Gasteiger partial charge in [-0.3, -0.25) is 0 Å². The predicted octanol–water partition coefficient (Wildman–Crippen LogP) is 5.97. The molecular formula is C16H10Cl2N2O2. The fourth-order valence-corrected chi connectivity index (χ4v) is 2.36. The number of azo groups is 1. The molecule has 0 aliphatic rings. The van der Waals surface area contributed by atoms with Gasteiger partial charge in [0, 0.05) is 10.4 Å². The lowest BCUT2D eigenvalue weighted by atomic mass is 10.1. The van der Waals surface area contributed by atoms with Crippen LogP contribution in [0.3, 0.4) is 0 Å². The third kappa shape index (κ3) is 2.84. The lowest BCUT2D eigenvalue weighted by molar-refractivity contribution is 0.475. The van der Waals surface area contributed by atoms with Crippen LogP contribution in [-0.2, 0) is 0 Å². The second-order valence-electron chi connectivity index (χ2n) is 4.63. The van der Waals surface area contributed by atoms with E-state index in [1.54, 1.807) is 42.5 Å². The summed E-state index contributed by atoms with van der Waals surface area (Å²) in [5.74, 6) is 0.117. The Balaban J connectivity index is 2.04. The van der Waals surface area contributed by atoms with Gasteiger partial charge in [-0.1, -0.05) is 29.3 Å². The Morgan fingerprint density at radius 2 is 1.55 bits per heavy atom. The molecule has 0 fully saturated rings. The number of nitrogens with zero attached hydrogens (tertiary/aromatic N) is 2. The minimum Gasteiger partial charge on any atom is -0.508 e. The third-order valence-electron chi connectivity index (χ3n) is 3.13. The Morgan fingerprint density at radius 3 is 2.36 bits per heavy atom. The van der Waals surface area contributed by atoms with Crippen molar-refractivity contribution in [3.63, 3.8) is 0 Å². The molecule has 0 bridgehead atoms. The summed E-state index contributed by atoms with van der Waals surface area (Å²) >= 11 is 11.9. The van der Waals surface area contributed by atoms with Crippen LogP contribution in [0.15, 0.2) is 58.8 Å². The summed E-state index contributed by atoms with van der Waals surface area (Å²) in [4.78, 5) is 0. The van der Waals surface area contributed by atoms with Crippen molar-refractivity contribution in [2.24, 2.45) is 10.2 Å². The molecule has 0 saturated heterocycles. The Hall–Kier alpha value is -2.30. The number of benzene rings is 3. The SMILES string of the molecule is Oc1ccc2c(O)c(N=Nc3cc(Cl)ccc3Cl)ccc2c1. The molecule has 0 atom stereocenters. The quantitative estimate of drug-likeness (QED) is 0.567. The van der Waals surface area contributed by atoms with Crippen LogP contribution in [0.4, 0.5) is 11.4 Å². The Bertz CT molecular complexity index is 895. The molecule has 0 spiro atoms. The van der Waals surface area contributed by atoms with Crippen molar-refractivity contribution in [1.82, 2.24) is 0 Å². The van der Waals surface area contributed by atoms with Crippen molar-refractivity contribution < 1.29 is 10.2 Å². The van der Waals surface area contributed by atoms with E-state index in [0.29, 0.717) is 32.2 Å². The van der Waals surface area contributed by atoms with E-state index in [-0.39, 0.29) is 11.5 Å². The Kier molecular flexibility index (Phi) is 3.88. The second-order valence-corrected chi connectivity index (χ2v) is 5.48. The maximum absolute atomic E-state index is 10.2. The topological polar surface area (TPSA) is 65.2 Å². The highest BCUT2D eigenvalue weighted by atomic mass is 35.5. The van der Waals surface area contributed by atoms with Gasteiger partial charge < -0.3 is 10.2 Å². The molecule has 0 radical (unpaired) electrons. The minimum atomic E-state index is -0.0144. The molecule has 3 aromatic rings. The molecule has 0 aliphatic carbocycles. The number of phenolic OH excluding ortho intramolecular Hbond substituents is 2. The van der Waals surface area contributed by atoms with Gasteiger partial charge in [-0.25, -0.2) is 0 Å². The molecule has 110 valence electrons. The molecule has 3 rings (SSSR count). The van der Waals surface area contributed by atoms with Gasteiger partial charge >= 0.3 is 0 Å². The van der Waals surface area contributed by atoms with Gasteiger partial charge in [0.05, 0.1) is 5.02 Å². The monoisotopic (exact) mass is 332 g/mol. The normalized spacial score (nSPS) is 11.4. The standard InChI is InChI=1S/C16H10Cl2N2O2/c17-10-2-5-13(18)15(8-10)20-19-14-6-1-9-7-11(21)3-4-12(9)16(14)22/h1-8,21-22H. The van der Waals surface area contributed by atoms with Crippen molar-refractivity contribution in [2.75, 3.05) is 0 Å². The highest BCUT2D eigenvalue weighted by Crippen LogP contribution is 2.37. The van der Waals surface area contributed by atoms with Crippen molar-refractivity contribution >= 4 is 45.3 Å². The zero-order valence-corrected chi connectivity index (χ0v) is 12.7. The summed E-state index contributed by atoms with van der Waals surface area (Å²) in [6.07, 6.45) is 0. The van der Waals surface area contributed by atoms with Crippen LogP contribution in [-0.4, -0.2) is 10.2 Å². The zero-order valence-electron chi connectivity index (χ0n) is 11.2. The number of fused-ring (bicyclic) bond motifs is 1. The molecule has 2 N–H and O–H groups in total. The van der Waals surface area contributed by atoms with Gasteiger partial charge in [0.15, 0.2) is 5.75 Å². The molecule has 4 nitrogen and oxygen atoms in total. The number of halogens is 2. The van der Waals surface area contributed by atoms with Crippen molar-refractivity contribution in [2.45, 2.75) is 0 Å². The molecule has 0 aromatic heterocycles. The summed E-state index contributed by atoms with van der Waals surface area (Å²) in [6, 6.07) is 12.9. The van der Waals surface area contributed by atoms with E-state index in [0.717, 1.165) is 0 Å². The first kappa shape index (κ1) is 14.6. The van der Waals surface area contributed by atoms with Gasteiger partial charge in [-0.2, -0.15) is 0 Å². The molecule has 0 heterocycles. The first-order valence-corrected chi connectivity index (χ1v) is 7.12. The summed E-state index contributed by atoms with van der Waals surface area (Å²) in [5, 5.41) is 29.9. The maximum Gasteiger partial charge on any atom is 0.150 e. The number of phenols is 2. The van der Waals surface area contributed by atoms with Gasteiger partial charge in [0.1, 0.15) is 17.1 Å². The van der Waals surface area contributed by atoms with Gasteiger partial charge in [-0.05, 0) is 47.9 Å². The second kappa shape index (κ2) is 5.83. The molecule has 0 saturated carbocycles. The lowest BCUT2D eigenvalue weighted by Crippen LogP contribution is -1.76. The van der Waals surface area contributed by atoms with E-state index in [1.165, 1.54) is 6.07 Å². The Morgan fingerprint density at radius 1 is 0.773 bits per heavy atom. The average Bonchev–Trinajstić information content (AvgIpc) is 2.49. The predicted molar refractivity (Wildman–Crippen MR) is 87.9 cm³/mol. The van der Waals surface area contributed by atoms with Gasteiger partial charge in [0.2, 0.25) is 0 Å². The first-order chi connectivity index (χ1) is 10.5. The van der Waals surface area contributed by atoms with E-state index in [2.05, 4.69) is 10.2 Å². The lowest BCUT2D eigenvalue weighted by Gasteiger charge is -2.04. The van der Waals surface area contributed by atoms with Crippen molar-refractivity contribution in [3.05, 3.63) is 58.6 Å². The molecule has 0 amide bonds. The van der Waals surface area contributed by atoms with Gasteiger partial charge in [-0.15, -0.1) is 10.2 Å². The summed E-state index contributed by atoms with van der Waals surface area (Å²) in [6.45, 7) is 0. The van der Waals surface area contributed by atoms with E-state index < -0.39 is 0 Å². The van der Waals surface area contributed by atoms with E-state index in [9.17, 15) is 10.2 Å². The molecule has 0 unspecified atom stereocenters. The number of aromatic hydroxyl groups is 2. The smallest absolute Gasteiger partial charge is 0.150 e. The highest BCUT2D eigenvalue weighted by molar-refractivity contribution is 6.35. The molecule has 6 heteroatoms. The number of hydrogen-bond donors (Lipinski definition) is 2. The van der Waals surface area contributed by atoms with Crippen LogP contribution in [0.1, 0.15) is 0 Å².